The molecule has 0 amide bonds. The molecule has 6 nitrogen and oxygen atoms in total. The molecule has 1 atom stereocenters. The zero-order valence-corrected chi connectivity index (χ0v) is 15.5. The van der Waals surface area contributed by atoms with Crippen LogP contribution in [0.15, 0.2) is 61.2 Å². The maximum Gasteiger partial charge on any atom is 0.291 e. The molecule has 27 heavy (non-hydrogen) atoms. The Morgan fingerprint density at radius 2 is 1.85 bits per heavy atom. The van der Waals surface area contributed by atoms with E-state index in [0.717, 1.165) is 22.0 Å². The van der Waals surface area contributed by atoms with Crippen LogP contribution in [0.2, 0.25) is 10.0 Å². The summed E-state index contributed by atoms with van der Waals surface area (Å²) in [5.74, 6) is 0. The van der Waals surface area contributed by atoms with E-state index in [4.69, 9.17) is 38.5 Å². The molecule has 0 bridgehead atoms. The lowest BCUT2D eigenvalue weighted by molar-refractivity contribution is -0.742. The molecule has 0 aliphatic heterocycles. The zero-order chi connectivity index (χ0) is 19.4. The van der Waals surface area contributed by atoms with Crippen LogP contribution in [0, 0.1) is 10.1 Å². The van der Waals surface area contributed by atoms with Crippen molar-refractivity contribution < 1.29 is 10.3 Å². The minimum absolute atomic E-state index is 0.238. The molecule has 1 aliphatic carbocycles. The van der Waals surface area contributed by atoms with Gasteiger partial charge in [-0.05, 0) is 59.0 Å². The highest BCUT2D eigenvalue weighted by Crippen LogP contribution is 2.42. The summed E-state index contributed by atoms with van der Waals surface area (Å²) in [5, 5.41) is 15.1. The normalized spacial score (nSPS) is 16.5. The van der Waals surface area contributed by atoms with Crippen LogP contribution in [0.25, 0.3) is 11.6 Å². The summed E-state index contributed by atoms with van der Waals surface area (Å²) in [6.07, 6.45) is 8.85. The van der Waals surface area contributed by atoms with Crippen molar-refractivity contribution in [1.29, 1.82) is 0 Å². The van der Waals surface area contributed by atoms with Crippen LogP contribution in [-0.2, 0) is 6.42 Å². The summed E-state index contributed by atoms with van der Waals surface area (Å²) in [7, 11) is 0. The Hall–Kier alpha value is -2.83. The number of hydrogen-bond donors (Lipinski definition) is 1. The smallest absolute Gasteiger partial charge is 0.291 e. The molecule has 138 valence electrons. The number of rotatable bonds is 2. The summed E-state index contributed by atoms with van der Waals surface area (Å²) in [5.41, 5.74) is 4.91. The fourth-order valence-corrected chi connectivity index (χ4v) is 3.42. The third kappa shape index (κ3) is 4.67. The van der Waals surface area contributed by atoms with Crippen LogP contribution in [0.4, 0.5) is 0 Å². The molecule has 1 N–H and O–H groups in total. The molecule has 1 unspecified atom stereocenters. The van der Waals surface area contributed by atoms with Gasteiger partial charge in [0.05, 0.1) is 12.4 Å². The second-order valence-corrected chi connectivity index (χ2v) is 6.79. The largest absolute Gasteiger partial charge is 0.330 e. The summed E-state index contributed by atoms with van der Waals surface area (Å²) in [4.78, 5) is 12.6. The van der Waals surface area contributed by atoms with Gasteiger partial charge in [-0.3, -0.25) is 0 Å². The molecular weight excluding hydrogens is 389 g/mol. The summed E-state index contributed by atoms with van der Waals surface area (Å²) < 4.78 is 2.15. The van der Waals surface area contributed by atoms with Gasteiger partial charge in [0.1, 0.15) is 0 Å². The Kier molecular flexibility index (Phi) is 5.78. The van der Waals surface area contributed by atoms with Gasteiger partial charge >= 0.3 is 0 Å². The highest BCUT2D eigenvalue weighted by Gasteiger charge is 2.28. The van der Waals surface area contributed by atoms with Gasteiger partial charge in [0.25, 0.3) is 5.09 Å². The predicted octanol–water partition coefficient (Wildman–Crippen LogP) is 5.18. The van der Waals surface area contributed by atoms with Gasteiger partial charge in [0.15, 0.2) is 0 Å². The topological polar surface area (TPSA) is 81.2 Å². The molecule has 4 rings (SSSR count). The van der Waals surface area contributed by atoms with Crippen LogP contribution in [-0.4, -0.2) is 19.8 Å². The molecule has 2 aromatic carbocycles. The minimum Gasteiger partial charge on any atom is -0.330 e. The van der Waals surface area contributed by atoms with Crippen molar-refractivity contribution in [2.75, 3.05) is 0 Å². The van der Waals surface area contributed by atoms with Gasteiger partial charge in [-0.2, -0.15) is 0 Å². The maximum absolute atomic E-state index is 8.36. The number of fused-ring (bicyclic) bond motifs is 1. The molecular formula is C19H15Cl2N3O3. The Labute approximate surface area is 165 Å². The maximum atomic E-state index is 8.36. The predicted molar refractivity (Wildman–Crippen MR) is 105 cm³/mol. The van der Waals surface area contributed by atoms with Crippen LogP contribution >= 0.6 is 23.2 Å². The van der Waals surface area contributed by atoms with Crippen molar-refractivity contribution in [2.45, 2.75) is 12.5 Å². The second-order valence-electron chi connectivity index (χ2n) is 5.92. The van der Waals surface area contributed by atoms with Crippen LogP contribution in [0.5, 0.6) is 0 Å². The summed E-state index contributed by atoms with van der Waals surface area (Å²) >= 11 is 12.2. The van der Waals surface area contributed by atoms with Crippen molar-refractivity contribution >= 4 is 34.9 Å². The van der Waals surface area contributed by atoms with Gasteiger partial charge in [-0.25, -0.2) is 4.98 Å². The number of aromatic nitrogens is 2. The minimum atomic E-state index is -1.50. The zero-order valence-electron chi connectivity index (χ0n) is 14.0. The molecule has 8 heteroatoms. The number of halogens is 2. The fourth-order valence-electron chi connectivity index (χ4n) is 3.13. The number of benzene rings is 2. The Bertz CT molecular complexity index is 966. The van der Waals surface area contributed by atoms with Gasteiger partial charge < -0.3 is 9.77 Å². The van der Waals surface area contributed by atoms with E-state index in [1.54, 1.807) is 0 Å². The van der Waals surface area contributed by atoms with Gasteiger partial charge in [0, 0.05) is 22.4 Å². The lowest BCUT2D eigenvalue weighted by Crippen LogP contribution is -2.05. The molecule has 3 aromatic rings. The van der Waals surface area contributed by atoms with Crippen molar-refractivity contribution in [1.82, 2.24) is 9.55 Å². The molecule has 1 heterocycles. The highest BCUT2D eigenvalue weighted by atomic mass is 35.5. The van der Waals surface area contributed by atoms with E-state index in [9.17, 15) is 0 Å². The molecule has 0 saturated carbocycles. The molecule has 0 saturated heterocycles. The van der Waals surface area contributed by atoms with E-state index < -0.39 is 5.09 Å². The molecule has 0 fully saturated rings. The Morgan fingerprint density at radius 3 is 2.48 bits per heavy atom. The first-order valence-electron chi connectivity index (χ1n) is 8.00. The van der Waals surface area contributed by atoms with Crippen molar-refractivity contribution in [3.05, 3.63) is 98.0 Å². The number of hydrogen-bond acceptors (Lipinski definition) is 3. The Morgan fingerprint density at radius 1 is 1.19 bits per heavy atom. The molecule has 0 radical (unpaired) electrons. The van der Waals surface area contributed by atoms with Crippen molar-refractivity contribution in [3.63, 3.8) is 0 Å². The van der Waals surface area contributed by atoms with Crippen LogP contribution < -0.4 is 0 Å². The van der Waals surface area contributed by atoms with E-state index in [2.05, 4.69) is 27.8 Å². The van der Waals surface area contributed by atoms with Gasteiger partial charge in [-0.15, -0.1) is 10.1 Å². The molecule has 0 spiro atoms. The van der Waals surface area contributed by atoms with E-state index in [-0.39, 0.29) is 6.04 Å². The lowest BCUT2D eigenvalue weighted by atomic mass is 10.0. The van der Waals surface area contributed by atoms with Crippen molar-refractivity contribution in [3.8, 4) is 0 Å². The molecule has 1 aromatic heterocycles. The monoisotopic (exact) mass is 403 g/mol. The third-order valence-electron chi connectivity index (χ3n) is 4.23. The first kappa shape index (κ1) is 18.9. The SMILES string of the molecule is Clc1ccc(C=C2c3cc(Cl)ccc3CC2n2ccnc2)cc1.O=[N+]([O-])O. The average Bonchev–Trinajstić information content (AvgIpc) is 3.25. The first-order valence-corrected chi connectivity index (χ1v) is 8.76. The molecule has 1 aliphatic rings. The first-order chi connectivity index (χ1) is 12.9. The van der Waals surface area contributed by atoms with E-state index >= 15 is 0 Å². The Balaban J connectivity index is 0.000000481. The fraction of sp³-hybridized carbons (Fsp3) is 0.105. The quantitative estimate of drug-likeness (QED) is 0.471. The van der Waals surface area contributed by atoms with Crippen molar-refractivity contribution in [2.24, 2.45) is 0 Å². The second kappa shape index (κ2) is 8.24. The van der Waals surface area contributed by atoms with Gasteiger partial charge in [0.2, 0.25) is 0 Å². The van der Waals surface area contributed by atoms with Gasteiger partial charge in [-0.1, -0.05) is 41.4 Å². The average molecular weight is 404 g/mol. The van der Waals surface area contributed by atoms with E-state index in [1.807, 2.05) is 49.1 Å². The lowest BCUT2D eigenvalue weighted by Gasteiger charge is -2.14. The number of imidazole rings is 1. The highest BCUT2D eigenvalue weighted by molar-refractivity contribution is 6.31. The summed E-state index contributed by atoms with van der Waals surface area (Å²) in [6.45, 7) is 0. The third-order valence-corrected chi connectivity index (χ3v) is 4.72. The summed E-state index contributed by atoms with van der Waals surface area (Å²) in [6, 6.07) is 14.2. The number of nitrogens with zero attached hydrogens (tertiary/aromatic N) is 3. The number of allylic oxidation sites excluding steroid dienone is 1. The van der Waals surface area contributed by atoms with Crippen LogP contribution in [0.3, 0.4) is 0 Å². The van der Waals surface area contributed by atoms with E-state index in [0.29, 0.717) is 0 Å². The standard InChI is InChI=1S/C19H14Cl2N2.HNO3/c20-15-4-1-13(2-5-15)9-18-17-11-16(21)6-3-14(17)10-19(18)23-8-7-22-12-23;2-1(3)4/h1-9,11-12,19H,10H2;(H,2,3,4). The van der Waals surface area contributed by atoms with Crippen LogP contribution in [0.1, 0.15) is 22.7 Å². The van der Waals surface area contributed by atoms with E-state index in [1.165, 1.54) is 16.7 Å².